The number of nitrogens with zero attached hydrogens (tertiary/aromatic N) is 3. The maximum Gasteiger partial charge on any atom is 0.161 e. The van der Waals surface area contributed by atoms with Crippen LogP contribution in [0.4, 0.5) is 5.82 Å². The van der Waals surface area contributed by atoms with Crippen LogP contribution in [-0.2, 0) is 7.05 Å². The molecule has 1 aromatic rings. The Labute approximate surface area is 82.4 Å². The lowest BCUT2D eigenvalue weighted by molar-refractivity contribution is 0.316. The van der Waals surface area contributed by atoms with E-state index in [2.05, 4.69) is 15.6 Å². The average molecular weight is 197 g/mol. The standard InChI is InChI=1S/C8H15N5O/c1-3-6(8(9)12-14)10-7-4-5-13(2)11-7/h4-6,14H,3H2,1-2H3,(H2,9,12)(H,10,11). The first-order valence-electron chi connectivity index (χ1n) is 4.41. The molecule has 1 heterocycles. The quantitative estimate of drug-likeness (QED) is 0.281. The Morgan fingerprint density at radius 1 is 1.86 bits per heavy atom. The number of oxime groups is 1. The molecule has 4 N–H and O–H groups in total. The number of hydrogen-bond donors (Lipinski definition) is 3. The van der Waals surface area contributed by atoms with Gasteiger partial charge in [0, 0.05) is 19.3 Å². The second-order valence-corrected chi connectivity index (χ2v) is 3.00. The average Bonchev–Trinajstić information content (AvgIpc) is 2.59. The van der Waals surface area contributed by atoms with Gasteiger partial charge in [-0.15, -0.1) is 0 Å². The molecule has 1 atom stereocenters. The van der Waals surface area contributed by atoms with Gasteiger partial charge in [0.25, 0.3) is 0 Å². The summed E-state index contributed by atoms with van der Waals surface area (Å²) in [5, 5.41) is 18.7. The first-order chi connectivity index (χ1) is 6.67. The van der Waals surface area contributed by atoms with Crippen LogP contribution in [-0.4, -0.2) is 26.9 Å². The van der Waals surface area contributed by atoms with Gasteiger partial charge in [-0.1, -0.05) is 12.1 Å². The summed E-state index contributed by atoms with van der Waals surface area (Å²) >= 11 is 0. The normalized spacial score (nSPS) is 14.0. The molecule has 0 aromatic carbocycles. The summed E-state index contributed by atoms with van der Waals surface area (Å²) in [4.78, 5) is 0. The summed E-state index contributed by atoms with van der Waals surface area (Å²) in [6.45, 7) is 1.94. The fourth-order valence-corrected chi connectivity index (χ4v) is 1.13. The Morgan fingerprint density at radius 3 is 3.00 bits per heavy atom. The molecule has 1 rings (SSSR count). The summed E-state index contributed by atoms with van der Waals surface area (Å²) in [7, 11) is 1.83. The third-order valence-corrected chi connectivity index (χ3v) is 1.92. The maximum absolute atomic E-state index is 8.52. The Morgan fingerprint density at radius 2 is 2.57 bits per heavy atom. The van der Waals surface area contributed by atoms with Gasteiger partial charge in [-0.2, -0.15) is 5.10 Å². The number of aryl methyl sites for hydroxylation is 1. The number of nitrogens with one attached hydrogen (secondary N) is 1. The molecule has 0 aliphatic heterocycles. The van der Waals surface area contributed by atoms with Crippen LogP contribution in [0, 0.1) is 0 Å². The minimum Gasteiger partial charge on any atom is -0.409 e. The van der Waals surface area contributed by atoms with Gasteiger partial charge in [-0.3, -0.25) is 4.68 Å². The fraction of sp³-hybridized carbons (Fsp3) is 0.500. The highest BCUT2D eigenvalue weighted by molar-refractivity contribution is 5.87. The highest BCUT2D eigenvalue weighted by atomic mass is 16.4. The summed E-state index contributed by atoms with van der Waals surface area (Å²) in [6, 6.07) is 1.64. The van der Waals surface area contributed by atoms with Crippen molar-refractivity contribution in [2.45, 2.75) is 19.4 Å². The van der Waals surface area contributed by atoms with Gasteiger partial charge in [0.05, 0.1) is 6.04 Å². The largest absolute Gasteiger partial charge is 0.409 e. The van der Waals surface area contributed by atoms with Crippen LogP contribution in [0.25, 0.3) is 0 Å². The van der Waals surface area contributed by atoms with Crippen LogP contribution >= 0.6 is 0 Å². The van der Waals surface area contributed by atoms with Gasteiger partial charge in [-0.25, -0.2) is 0 Å². The summed E-state index contributed by atoms with van der Waals surface area (Å²) in [5.74, 6) is 0.879. The van der Waals surface area contributed by atoms with Gasteiger partial charge in [0.1, 0.15) is 5.82 Å². The van der Waals surface area contributed by atoms with Crippen LogP contribution in [0.2, 0.25) is 0 Å². The number of nitrogens with two attached hydrogens (primary N) is 1. The SMILES string of the molecule is CCC(Nc1ccn(C)n1)/C(N)=N/O. The van der Waals surface area contributed by atoms with Crippen molar-refractivity contribution in [2.75, 3.05) is 5.32 Å². The lowest BCUT2D eigenvalue weighted by atomic mass is 10.2. The van der Waals surface area contributed by atoms with Crippen molar-refractivity contribution in [1.82, 2.24) is 9.78 Å². The van der Waals surface area contributed by atoms with E-state index in [4.69, 9.17) is 10.9 Å². The van der Waals surface area contributed by atoms with E-state index in [1.807, 2.05) is 26.2 Å². The molecule has 6 nitrogen and oxygen atoms in total. The molecule has 0 amide bonds. The topological polar surface area (TPSA) is 88.5 Å². The van der Waals surface area contributed by atoms with E-state index in [-0.39, 0.29) is 11.9 Å². The first kappa shape index (κ1) is 10.4. The molecule has 0 fully saturated rings. The van der Waals surface area contributed by atoms with Gasteiger partial charge in [0.15, 0.2) is 5.84 Å². The second-order valence-electron chi connectivity index (χ2n) is 3.00. The van der Waals surface area contributed by atoms with Crippen molar-refractivity contribution < 1.29 is 5.21 Å². The zero-order valence-corrected chi connectivity index (χ0v) is 8.31. The minimum absolute atomic E-state index is 0.165. The summed E-state index contributed by atoms with van der Waals surface area (Å²) < 4.78 is 1.68. The molecule has 0 spiro atoms. The first-order valence-corrected chi connectivity index (χ1v) is 4.41. The molecule has 6 heteroatoms. The van der Waals surface area contributed by atoms with Gasteiger partial charge >= 0.3 is 0 Å². The maximum atomic E-state index is 8.52. The van der Waals surface area contributed by atoms with Crippen LogP contribution in [0.15, 0.2) is 17.4 Å². The van der Waals surface area contributed by atoms with Crippen molar-refractivity contribution >= 4 is 11.7 Å². The molecule has 14 heavy (non-hydrogen) atoms. The lowest BCUT2D eigenvalue weighted by Crippen LogP contribution is -2.35. The van der Waals surface area contributed by atoms with E-state index in [9.17, 15) is 0 Å². The van der Waals surface area contributed by atoms with Gasteiger partial charge in [0.2, 0.25) is 0 Å². The Balaban J connectivity index is 2.66. The second kappa shape index (κ2) is 4.50. The molecule has 0 saturated heterocycles. The van der Waals surface area contributed by atoms with E-state index in [0.29, 0.717) is 5.82 Å². The van der Waals surface area contributed by atoms with Crippen LogP contribution in [0.3, 0.4) is 0 Å². The molecular formula is C8H15N5O. The summed E-state index contributed by atoms with van der Waals surface area (Å²) in [6.07, 6.45) is 2.55. The predicted octanol–water partition coefficient (Wildman–Crippen LogP) is 0.357. The summed E-state index contributed by atoms with van der Waals surface area (Å²) in [5.41, 5.74) is 5.49. The van der Waals surface area contributed by atoms with E-state index in [1.54, 1.807) is 4.68 Å². The minimum atomic E-state index is -0.185. The zero-order chi connectivity index (χ0) is 10.6. The molecule has 78 valence electrons. The monoisotopic (exact) mass is 197 g/mol. The number of amidine groups is 1. The van der Waals surface area contributed by atoms with E-state index in [0.717, 1.165) is 6.42 Å². The van der Waals surface area contributed by atoms with Crippen molar-refractivity contribution in [1.29, 1.82) is 0 Å². The van der Waals surface area contributed by atoms with Crippen molar-refractivity contribution in [3.63, 3.8) is 0 Å². The molecule has 0 radical (unpaired) electrons. The van der Waals surface area contributed by atoms with E-state index >= 15 is 0 Å². The van der Waals surface area contributed by atoms with Crippen LogP contribution in [0.5, 0.6) is 0 Å². The molecule has 0 bridgehead atoms. The Hall–Kier alpha value is -1.72. The van der Waals surface area contributed by atoms with E-state index in [1.165, 1.54) is 0 Å². The molecule has 0 aliphatic rings. The van der Waals surface area contributed by atoms with Gasteiger partial charge < -0.3 is 16.3 Å². The Kier molecular flexibility index (Phi) is 3.33. The van der Waals surface area contributed by atoms with Crippen molar-refractivity contribution in [2.24, 2.45) is 17.9 Å². The van der Waals surface area contributed by atoms with E-state index < -0.39 is 0 Å². The third-order valence-electron chi connectivity index (χ3n) is 1.92. The van der Waals surface area contributed by atoms with Crippen molar-refractivity contribution in [3.05, 3.63) is 12.3 Å². The zero-order valence-electron chi connectivity index (χ0n) is 8.31. The van der Waals surface area contributed by atoms with Crippen molar-refractivity contribution in [3.8, 4) is 0 Å². The highest BCUT2D eigenvalue weighted by Crippen LogP contribution is 2.05. The Bertz CT molecular complexity index is 319. The predicted molar refractivity (Wildman–Crippen MR) is 54.3 cm³/mol. The van der Waals surface area contributed by atoms with Crippen LogP contribution in [0.1, 0.15) is 13.3 Å². The van der Waals surface area contributed by atoms with Gasteiger partial charge in [-0.05, 0) is 6.42 Å². The molecule has 0 saturated carbocycles. The number of anilines is 1. The molecule has 1 aromatic heterocycles. The highest BCUT2D eigenvalue weighted by Gasteiger charge is 2.11. The number of rotatable bonds is 4. The molecular weight excluding hydrogens is 182 g/mol. The lowest BCUT2D eigenvalue weighted by Gasteiger charge is -2.14. The number of hydrogen-bond acceptors (Lipinski definition) is 4. The van der Waals surface area contributed by atoms with Crippen LogP contribution < -0.4 is 11.1 Å². The molecule has 0 aliphatic carbocycles. The smallest absolute Gasteiger partial charge is 0.161 e. The fourth-order valence-electron chi connectivity index (χ4n) is 1.13. The molecule has 1 unspecified atom stereocenters. The number of aromatic nitrogens is 2. The third kappa shape index (κ3) is 2.38.